The van der Waals surface area contributed by atoms with Crippen LogP contribution in [-0.2, 0) is 4.79 Å². The molecule has 1 amide bonds. The number of nitrogens with two attached hydrogens (primary N) is 1. The molecule has 4 aromatic heterocycles. The van der Waals surface area contributed by atoms with E-state index in [1.54, 1.807) is 65.5 Å². The fourth-order valence-electron chi connectivity index (χ4n) is 6.39. The van der Waals surface area contributed by atoms with Crippen LogP contribution in [0.15, 0.2) is 110 Å². The minimum atomic E-state index is -2.72. The second kappa shape index (κ2) is 15.2. The molecule has 16 nitrogen and oxygen atoms in total. The molecular formula is C37H29B2F2N11O5. The van der Waals surface area contributed by atoms with Crippen LogP contribution in [0.5, 0.6) is 0 Å². The van der Waals surface area contributed by atoms with Crippen molar-refractivity contribution in [3.05, 3.63) is 116 Å². The lowest BCUT2D eigenvalue weighted by Gasteiger charge is -2.14. The molecule has 8 rings (SSSR count). The quantitative estimate of drug-likeness (QED) is 0.0937. The lowest BCUT2D eigenvalue weighted by atomic mass is 9.78. The average Bonchev–Trinajstić information content (AvgIpc) is 3.90. The fraction of sp³-hybridized carbons (Fsp3) is 0.0541. The van der Waals surface area contributed by atoms with Crippen molar-refractivity contribution < 1.29 is 33.7 Å². The van der Waals surface area contributed by atoms with Gasteiger partial charge in [-0.3, -0.25) is 4.79 Å². The molecule has 0 bridgehead atoms. The van der Waals surface area contributed by atoms with Crippen LogP contribution in [0.2, 0.25) is 0 Å². The van der Waals surface area contributed by atoms with Gasteiger partial charge in [0, 0.05) is 28.1 Å². The smallest absolute Gasteiger partial charge is 0.423 e. The standard InChI is InChI=1S/C37H29B2F2N11O5/c40-37(41)22-13-46-51(18-22)34-7-3-23(38(54)55)11-28(34)21-2-6-27-32(10-21)50-45-16-33(27)43-17-36(53)48-25-14-47-52(19-25)35-8-4-24(39(56)57)12-29(35)20-1-5-26-30(42)15-44-49-31(26)9-20/h1-16,18-19,37,54-57H,17H2,(H2,42,49)(H,43,50)(H,48,53). The summed E-state index contributed by atoms with van der Waals surface area (Å²) in [6.45, 7) is -0.157. The highest BCUT2D eigenvalue weighted by Crippen LogP contribution is 2.32. The monoisotopic (exact) mass is 767 g/mol. The van der Waals surface area contributed by atoms with Gasteiger partial charge in [-0.15, -0.1) is 0 Å². The van der Waals surface area contributed by atoms with Crippen LogP contribution in [0.25, 0.3) is 55.4 Å². The van der Waals surface area contributed by atoms with E-state index in [1.807, 2.05) is 6.07 Å². The van der Waals surface area contributed by atoms with Crippen LogP contribution in [0.3, 0.4) is 0 Å². The summed E-state index contributed by atoms with van der Waals surface area (Å²) in [5.41, 5.74) is 11.9. The average molecular weight is 767 g/mol. The van der Waals surface area contributed by atoms with Gasteiger partial charge >= 0.3 is 14.2 Å². The third-order valence-corrected chi connectivity index (χ3v) is 9.22. The Bertz CT molecular complexity index is 2800. The maximum Gasteiger partial charge on any atom is 0.488 e. The summed E-state index contributed by atoms with van der Waals surface area (Å²) in [5, 5.41) is 71.7. The highest BCUT2D eigenvalue weighted by molar-refractivity contribution is 6.59. The van der Waals surface area contributed by atoms with Crippen molar-refractivity contribution >= 4 is 69.9 Å². The summed E-state index contributed by atoms with van der Waals surface area (Å²) in [4.78, 5) is 13.1. The minimum Gasteiger partial charge on any atom is -0.423 e. The van der Waals surface area contributed by atoms with Crippen LogP contribution < -0.4 is 27.3 Å². The number of benzene rings is 4. The van der Waals surface area contributed by atoms with Crippen LogP contribution in [-0.4, -0.2) is 86.7 Å². The summed E-state index contributed by atoms with van der Waals surface area (Å²) < 4.78 is 29.5. The molecule has 20 heteroatoms. The Labute approximate surface area is 321 Å². The lowest BCUT2D eigenvalue weighted by Crippen LogP contribution is -2.30. The van der Waals surface area contributed by atoms with Crippen molar-refractivity contribution in [3.8, 4) is 33.6 Å². The molecular weight excluding hydrogens is 738 g/mol. The van der Waals surface area contributed by atoms with E-state index in [4.69, 9.17) is 5.73 Å². The van der Waals surface area contributed by atoms with Crippen molar-refractivity contribution in [1.82, 2.24) is 40.0 Å². The number of halogens is 2. The summed E-state index contributed by atoms with van der Waals surface area (Å²) in [6, 6.07) is 20.0. The van der Waals surface area contributed by atoms with Crippen molar-refractivity contribution in [3.63, 3.8) is 0 Å². The van der Waals surface area contributed by atoms with Gasteiger partial charge in [0.05, 0.1) is 82.6 Å². The predicted molar refractivity (Wildman–Crippen MR) is 210 cm³/mol. The van der Waals surface area contributed by atoms with Gasteiger partial charge < -0.3 is 36.5 Å². The Morgan fingerprint density at radius 3 is 1.91 bits per heavy atom. The van der Waals surface area contributed by atoms with E-state index >= 15 is 0 Å². The molecule has 4 aromatic carbocycles. The van der Waals surface area contributed by atoms with Gasteiger partial charge in [-0.25, -0.2) is 18.1 Å². The van der Waals surface area contributed by atoms with Crippen LogP contribution in [0.4, 0.5) is 25.8 Å². The van der Waals surface area contributed by atoms with E-state index < -0.39 is 26.6 Å². The first kappa shape index (κ1) is 36.8. The number of aromatic nitrogens is 8. The van der Waals surface area contributed by atoms with Crippen LogP contribution in [0, 0.1) is 0 Å². The van der Waals surface area contributed by atoms with E-state index in [9.17, 15) is 33.7 Å². The van der Waals surface area contributed by atoms with Crippen molar-refractivity contribution in [2.45, 2.75) is 6.43 Å². The largest absolute Gasteiger partial charge is 0.488 e. The van der Waals surface area contributed by atoms with E-state index in [2.05, 4.69) is 41.2 Å². The Hall–Kier alpha value is -7.12. The van der Waals surface area contributed by atoms with Gasteiger partial charge in [0.25, 0.3) is 6.43 Å². The van der Waals surface area contributed by atoms with Gasteiger partial charge in [0.2, 0.25) is 5.91 Å². The van der Waals surface area contributed by atoms with Crippen molar-refractivity contribution in [1.29, 1.82) is 0 Å². The number of carbonyl (C=O) groups is 1. The number of rotatable bonds is 11. The van der Waals surface area contributed by atoms with Gasteiger partial charge in [-0.1, -0.05) is 36.4 Å². The topological polar surface area (TPSA) is 235 Å². The van der Waals surface area contributed by atoms with Crippen molar-refractivity contribution in [2.75, 3.05) is 22.9 Å². The normalized spacial score (nSPS) is 11.4. The van der Waals surface area contributed by atoms with Gasteiger partial charge in [0.1, 0.15) is 0 Å². The summed E-state index contributed by atoms with van der Waals surface area (Å²) in [5.74, 6) is -0.396. The number of fused-ring (bicyclic) bond motifs is 2. The molecule has 0 unspecified atom stereocenters. The number of amides is 1. The molecule has 282 valence electrons. The molecule has 57 heavy (non-hydrogen) atoms. The van der Waals surface area contributed by atoms with E-state index in [0.29, 0.717) is 72.5 Å². The third kappa shape index (κ3) is 7.47. The van der Waals surface area contributed by atoms with Gasteiger partial charge in [0.15, 0.2) is 0 Å². The Morgan fingerprint density at radius 1 is 0.719 bits per heavy atom. The summed E-state index contributed by atoms with van der Waals surface area (Å²) in [6.07, 6.45) is 5.58. The maximum absolute atomic E-state index is 13.3. The minimum absolute atomic E-state index is 0.157. The Morgan fingerprint density at radius 2 is 1.30 bits per heavy atom. The molecule has 0 radical (unpaired) electrons. The highest BCUT2D eigenvalue weighted by atomic mass is 19.3. The summed E-state index contributed by atoms with van der Waals surface area (Å²) >= 11 is 0. The molecule has 0 fully saturated rings. The second-order valence-electron chi connectivity index (χ2n) is 12.9. The highest BCUT2D eigenvalue weighted by Gasteiger charge is 2.20. The molecule has 4 heterocycles. The SMILES string of the molecule is Nc1cnnc2cc(-c3cc(B(O)O)ccc3-n3cc(NC(=O)CNc4cnnc5cc(-c6cc(B(O)O)ccc6-n6cc(C(F)F)cn6)ccc45)cn3)ccc12. The zero-order valence-electron chi connectivity index (χ0n) is 29.4. The molecule has 0 aliphatic carbocycles. The molecule has 8 aromatic rings. The molecule has 0 spiro atoms. The number of hydrogen-bond acceptors (Lipinski definition) is 13. The maximum atomic E-state index is 13.3. The second-order valence-corrected chi connectivity index (χ2v) is 12.9. The lowest BCUT2D eigenvalue weighted by molar-refractivity contribution is -0.114. The molecule has 0 aliphatic heterocycles. The molecule has 0 saturated carbocycles. The first-order chi connectivity index (χ1) is 27.5. The first-order valence-corrected chi connectivity index (χ1v) is 17.2. The van der Waals surface area contributed by atoms with E-state index in [-0.39, 0.29) is 23.0 Å². The van der Waals surface area contributed by atoms with Gasteiger partial charge in [-0.2, -0.15) is 30.6 Å². The van der Waals surface area contributed by atoms with Gasteiger partial charge in [-0.05, 0) is 58.5 Å². The van der Waals surface area contributed by atoms with E-state index in [0.717, 1.165) is 6.20 Å². The van der Waals surface area contributed by atoms with E-state index in [1.165, 1.54) is 41.6 Å². The van der Waals surface area contributed by atoms with Crippen molar-refractivity contribution in [2.24, 2.45) is 0 Å². The van der Waals surface area contributed by atoms with Crippen LogP contribution >= 0.6 is 0 Å². The summed E-state index contributed by atoms with van der Waals surface area (Å²) in [7, 11) is -3.49. The Balaban J connectivity index is 1.01. The molecule has 0 saturated heterocycles. The number of anilines is 3. The molecule has 8 N–H and O–H groups in total. The number of hydrogen-bond donors (Lipinski definition) is 7. The Kier molecular flexibility index (Phi) is 9.82. The zero-order valence-corrected chi connectivity index (χ0v) is 29.4. The number of nitrogens with zero attached hydrogens (tertiary/aromatic N) is 8. The number of alkyl halides is 2. The fourth-order valence-corrected chi connectivity index (χ4v) is 6.39. The van der Waals surface area contributed by atoms with Crippen LogP contribution in [0.1, 0.15) is 12.0 Å². The molecule has 0 aliphatic rings. The third-order valence-electron chi connectivity index (χ3n) is 9.22. The first-order valence-electron chi connectivity index (χ1n) is 17.2. The zero-order chi connectivity index (χ0) is 39.8. The number of nitrogen functional groups attached to an aromatic ring is 1. The predicted octanol–water partition coefficient (Wildman–Crippen LogP) is 2.21. The number of carbonyl (C=O) groups excluding carboxylic acids is 1. The molecule has 0 atom stereocenters. The number of nitrogens with one attached hydrogen (secondary N) is 2.